The first kappa shape index (κ1) is 75.1. The number of halogens is 6. The Morgan fingerprint density at radius 1 is 0.475 bits per heavy atom. The smallest absolute Gasteiger partial charge is 0.338 e. The highest BCUT2D eigenvalue weighted by atomic mass is 79.9. The molecule has 0 bridgehead atoms. The summed E-state index contributed by atoms with van der Waals surface area (Å²) in [7, 11) is -7.18. The van der Waals surface area contributed by atoms with Gasteiger partial charge in [0.05, 0.1) is 36.5 Å². The second-order valence-corrected chi connectivity index (χ2v) is 32.0. The summed E-state index contributed by atoms with van der Waals surface area (Å²) in [5.74, 6) is -1.42. The standard InChI is InChI=1S/3C20H21BrFN5O4S2/c3*1-3-31-20(28)16-15-9-12(26-33(29,30)23-2)10-27(15)18(19-24-6-7-32-19)25-17(16)13-5-4-11(22)8-14(13)21/h3*4-8,12,17,23,26H,3,9-10H2,1-2H3/t12?,17-;12-,17+;12-,17-/m010/s1. The molecule has 0 saturated carbocycles. The van der Waals surface area contributed by atoms with Gasteiger partial charge in [-0.05, 0) is 73.9 Å². The lowest BCUT2D eigenvalue weighted by Crippen LogP contribution is -2.43. The molecule has 0 radical (unpaired) electrons. The molecule has 0 aliphatic carbocycles. The number of nitrogens with zero attached hydrogens (tertiary/aromatic N) is 9. The number of esters is 3. The molecule has 1 unspecified atom stereocenters. The minimum atomic E-state index is -3.71. The topological polar surface area (TPSA) is 339 Å². The highest BCUT2D eigenvalue weighted by Gasteiger charge is 2.47. The largest absolute Gasteiger partial charge is 0.463 e. The van der Waals surface area contributed by atoms with E-state index in [-0.39, 0.29) is 75.4 Å². The molecule has 6 aliphatic heterocycles. The lowest BCUT2D eigenvalue weighted by atomic mass is 9.94. The van der Waals surface area contributed by atoms with Crippen molar-refractivity contribution in [2.45, 2.75) is 76.3 Å². The van der Waals surface area contributed by atoms with Gasteiger partial charge in [0, 0.05) is 143 Å². The van der Waals surface area contributed by atoms with E-state index in [2.05, 4.69) is 91.1 Å². The van der Waals surface area contributed by atoms with Gasteiger partial charge in [0.25, 0.3) is 30.6 Å². The van der Waals surface area contributed by atoms with Crippen LogP contribution in [0.25, 0.3) is 0 Å². The first-order chi connectivity index (χ1) is 47.2. The van der Waals surface area contributed by atoms with Crippen molar-refractivity contribution < 1.29 is 67.0 Å². The summed E-state index contributed by atoms with van der Waals surface area (Å²) in [5.41, 5.74) is 4.40. The summed E-state index contributed by atoms with van der Waals surface area (Å²) in [5, 5.41) is 7.29. The van der Waals surface area contributed by atoms with Crippen LogP contribution in [-0.4, -0.2) is 169 Å². The lowest BCUT2D eigenvalue weighted by Gasteiger charge is -2.31. The fourth-order valence-corrected chi connectivity index (χ4v) is 17.4. The van der Waals surface area contributed by atoms with Gasteiger partial charge in [0.15, 0.2) is 32.5 Å². The first-order valence-corrected chi connectivity index (χ1v) is 39.6. The van der Waals surface area contributed by atoms with E-state index in [0.717, 1.165) is 0 Å². The van der Waals surface area contributed by atoms with E-state index in [1.54, 1.807) is 57.6 Å². The SMILES string of the molecule is CCOC(=O)C1=C2CC(NS(=O)(=O)NC)CN2C(c2nccs2)=N[C@H]1c1ccc(F)cc1Br.CCOC(=O)C1=C2C[C@@H](NS(=O)(=O)NC)CN2C(c2nccs2)=N[C@H]1c1ccc(F)cc1Br.CCOC(=O)C1=C2C[C@H](NS(=O)(=O)NC)CN2C(c2nccs2)=N[C@H]1c1ccc(F)cc1Br. The number of carbonyl (C=O) groups excluding carboxylic acids is 3. The number of thiazole rings is 3. The maximum Gasteiger partial charge on any atom is 0.338 e. The van der Waals surface area contributed by atoms with E-state index in [9.17, 15) is 52.8 Å². The van der Waals surface area contributed by atoms with Gasteiger partial charge in [-0.1, -0.05) is 66.0 Å². The predicted octanol–water partition coefficient (Wildman–Crippen LogP) is 7.47. The molecule has 528 valence electrons. The average Bonchev–Trinajstić information content (AvgIpc) is 1.68. The monoisotopic (exact) mass is 1670 g/mol. The summed E-state index contributed by atoms with van der Waals surface area (Å²) < 4.78 is 146. The molecule has 6 N–H and O–H groups in total. The normalized spacial score (nSPS) is 20.6. The Bertz CT molecular complexity index is 4160. The van der Waals surface area contributed by atoms with Crippen LogP contribution in [0.1, 0.15) is 89.9 Å². The van der Waals surface area contributed by atoms with E-state index in [4.69, 9.17) is 29.2 Å². The zero-order chi connectivity index (χ0) is 71.3. The summed E-state index contributed by atoms with van der Waals surface area (Å²) in [6, 6.07) is 8.65. The lowest BCUT2D eigenvalue weighted by molar-refractivity contribution is -0.140. The number of amidine groups is 3. The van der Waals surface area contributed by atoms with E-state index in [1.165, 1.54) is 91.6 Å². The van der Waals surface area contributed by atoms with Crippen molar-refractivity contribution in [3.63, 3.8) is 0 Å². The fourth-order valence-electron chi connectivity index (χ4n) is 11.6. The predicted molar refractivity (Wildman–Crippen MR) is 376 cm³/mol. The number of ether oxygens (including phenoxy) is 3. The quantitative estimate of drug-likeness (QED) is 0.0300. The minimum Gasteiger partial charge on any atom is -0.463 e. The highest BCUT2D eigenvalue weighted by Crippen LogP contribution is 2.47. The van der Waals surface area contributed by atoms with Crippen LogP contribution in [0.5, 0.6) is 0 Å². The van der Waals surface area contributed by atoms with Gasteiger partial charge < -0.3 is 28.9 Å². The van der Waals surface area contributed by atoms with Gasteiger partial charge in [-0.15, -0.1) is 34.0 Å². The minimum absolute atomic E-state index is 0.159. The third kappa shape index (κ3) is 17.2. The van der Waals surface area contributed by atoms with E-state index < -0.39 is 102 Å². The number of nitrogens with one attached hydrogen (secondary N) is 6. The molecule has 9 heterocycles. The summed E-state index contributed by atoms with van der Waals surface area (Å²) >= 11 is 14.3. The zero-order valence-corrected chi connectivity index (χ0v) is 62.8. The Labute approximate surface area is 605 Å². The maximum absolute atomic E-state index is 13.8. The number of rotatable bonds is 21. The molecule has 6 atom stereocenters. The van der Waals surface area contributed by atoms with Crippen LogP contribution in [0.4, 0.5) is 13.2 Å². The molecule has 99 heavy (non-hydrogen) atoms. The van der Waals surface area contributed by atoms with E-state index >= 15 is 0 Å². The Kier molecular flexibility index (Phi) is 24.4. The third-order valence-corrected chi connectivity index (χ3v) is 23.6. The number of fused-ring (bicyclic) bond motifs is 3. The molecule has 3 saturated heterocycles. The Morgan fingerprint density at radius 2 is 0.737 bits per heavy atom. The van der Waals surface area contributed by atoms with Gasteiger partial charge in [0.2, 0.25) is 0 Å². The van der Waals surface area contributed by atoms with Crippen LogP contribution in [0.3, 0.4) is 0 Å². The van der Waals surface area contributed by atoms with Gasteiger partial charge in [0.1, 0.15) is 35.6 Å². The number of benzene rings is 3. The van der Waals surface area contributed by atoms with Crippen LogP contribution < -0.4 is 28.3 Å². The van der Waals surface area contributed by atoms with Crippen LogP contribution in [0.2, 0.25) is 0 Å². The van der Waals surface area contributed by atoms with Crippen molar-refractivity contribution in [1.29, 1.82) is 0 Å². The first-order valence-electron chi connectivity index (χ1n) is 30.1. The van der Waals surface area contributed by atoms with Crippen molar-refractivity contribution in [2.24, 2.45) is 15.0 Å². The summed E-state index contributed by atoms with van der Waals surface area (Å²) in [6.07, 6.45) is 5.67. The number of aliphatic imine (C=N–C) groups is 3. The molecule has 3 aromatic carbocycles. The second-order valence-electron chi connectivity index (χ2n) is 21.8. The molecule has 6 aliphatic rings. The van der Waals surface area contributed by atoms with Gasteiger partial charge in [-0.25, -0.2) is 56.7 Å². The third-order valence-electron chi connectivity index (χ3n) is 15.7. The van der Waals surface area contributed by atoms with Crippen molar-refractivity contribution in [2.75, 3.05) is 60.6 Å². The van der Waals surface area contributed by atoms with Crippen molar-refractivity contribution >= 4 is 148 Å². The zero-order valence-electron chi connectivity index (χ0n) is 53.1. The van der Waals surface area contributed by atoms with E-state index in [0.29, 0.717) is 79.7 Å². The molecule has 27 nitrogen and oxygen atoms in total. The number of hydrogen-bond acceptors (Lipinski definition) is 24. The number of hydrogen-bond donors (Lipinski definition) is 6. The van der Waals surface area contributed by atoms with Crippen molar-refractivity contribution in [3.05, 3.63) is 186 Å². The molecule has 0 amide bonds. The average molecular weight is 1680 g/mol. The maximum atomic E-state index is 13.8. The Morgan fingerprint density at radius 3 is 0.949 bits per heavy atom. The highest BCUT2D eigenvalue weighted by molar-refractivity contribution is 9.11. The van der Waals surface area contributed by atoms with Gasteiger partial charge in [-0.2, -0.15) is 39.4 Å². The summed E-state index contributed by atoms with van der Waals surface area (Å²) in [4.78, 5) is 72.4. The van der Waals surface area contributed by atoms with Crippen LogP contribution in [-0.2, 0) is 59.2 Å². The molecule has 6 aromatic rings. The Balaban J connectivity index is 0.000000161. The molecule has 3 aromatic heterocycles. The molecular formula is C60H63Br3F3N15O12S6. The van der Waals surface area contributed by atoms with Gasteiger partial charge >= 0.3 is 17.9 Å². The number of carbonyl (C=O) groups is 3. The van der Waals surface area contributed by atoms with Gasteiger partial charge in [-0.3, -0.25) is 15.0 Å². The molecule has 12 rings (SSSR count). The van der Waals surface area contributed by atoms with Crippen molar-refractivity contribution in [3.8, 4) is 0 Å². The summed E-state index contributed by atoms with van der Waals surface area (Å²) in [6.45, 7) is 6.36. The Hall–Kier alpha value is -6.57. The van der Waals surface area contributed by atoms with E-state index in [1.807, 2.05) is 30.8 Å². The molecule has 0 spiro atoms. The molecule has 39 heteroatoms. The molecule has 3 fully saturated rings. The number of aromatic nitrogens is 3. The van der Waals surface area contributed by atoms with Crippen molar-refractivity contribution in [1.82, 2.24) is 58.0 Å². The van der Waals surface area contributed by atoms with Crippen LogP contribution >= 0.6 is 81.8 Å². The van der Waals surface area contributed by atoms with Crippen LogP contribution in [0.15, 0.2) is 152 Å². The second kappa shape index (κ2) is 32.2. The fraction of sp³-hybridized carbons (Fsp3) is 0.350. The molecular weight excluding hydrogens is 1610 g/mol. The van der Waals surface area contributed by atoms with Crippen LogP contribution in [0, 0.1) is 17.5 Å².